The zero-order valence-corrected chi connectivity index (χ0v) is 11.6. The van der Waals surface area contributed by atoms with Crippen molar-refractivity contribution < 1.29 is 0 Å². The first-order chi connectivity index (χ1) is 8.85. The fraction of sp³-hybridized carbons (Fsp3) is 0.222. The number of hydrogen-bond acceptors (Lipinski definition) is 0. The first-order valence-corrected chi connectivity index (χ1v) is 6.61. The number of fused-ring (bicyclic) bond motifs is 1. The molecule has 0 unspecified atom stereocenters. The van der Waals surface area contributed by atoms with Gasteiger partial charge in [-0.2, -0.15) is 0 Å². The van der Waals surface area contributed by atoms with Gasteiger partial charge in [-0.15, -0.1) is 0 Å². The lowest BCUT2D eigenvalue weighted by molar-refractivity contribution is 1.43. The van der Waals surface area contributed by atoms with E-state index >= 15 is 0 Å². The minimum Gasteiger partial charge on any atom is -0.0984 e. The zero-order chi connectivity index (χ0) is 13.4. The molecule has 18 heavy (non-hydrogen) atoms. The Kier molecular flexibility index (Phi) is 5.93. The third-order valence-corrected chi connectivity index (χ3v) is 2.74. The van der Waals surface area contributed by atoms with Crippen LogP contribution in [0.25, 0.3) is 24.3 Å². The van der Waals surface area contributed by atoms with Crippen LogP contribution in [0.15, 0.2) is 36.9 Å². The second-order valence-corrected chi connectivity index (χ2v) is 3.85. The molecule has 1 aromatic rings. The Morgan fingerprint density at radius 1 is 1.11 bits per heavy atom. The Labute approximate surface area is 110 Å². The molecule has 1 aliphatic rings. The van der Waals surface area contributed by atoms with E-state index in [1.165, 1.54) is 21.6 Å². The minimum atomic E-state index is 1.01. The average Bonchev–Trinajstić information content (AvgIpc) is 2.65. The Hall–Kier alpha value is -1.82. The third kappa shape index (κ3) is 3.33. The van der Waals surface area contributed by atoms with Crippen LogP contribution in [0.2, 0.25) is 0 Å². The summed E-state index contributed by atoms with van der Waals surface area (Å²) in [7, 11) is 0. The normalized spacial score (nSPS) is 12.6. The van der Waals surface area contributed by atoms with Gasteiger partial charge in [0.05, 0.1) is 0 Å². The SMILES string of the molecule is C=Cc1cc2c(cc1/C=C\C)=CCC=CC=2.CC. The van der Waals surface area contributed by atoms with Gasteiger partial charge in [-0.25, -0.2) is 0 Å². The number of allylic oxidation sites excluding steroid dienone is 3. The van der Waals surface area contributed by atoms with E-state index in [1.54, 1.807) is 0 Å². The molecule has 0 radical (unpaired) electrons. The van der Waals surface area contributed by atoms with Crippen molar-refractivity contribution in [2.75, 3.05) is 0 Å². The maximum Gasteiger partial charge on any atom is -0.0157 e. The van der Waals surface area contributed by atoms with Crippen molar-refractivity contribution in [2.45, 2.75) is 27.2 Å². The molecule has 0 saturated heterocycles. The first kappa shape index (κ1) is 14.2. The largest absolute Gasteiger partial charge is 0.0984 e. The zero-order valence-electron chi connectivity index (χ0n) is 11.6. The van der Waals surface area contributed by atoms with E-state index in [4.69, 9.17) is 0 Å². The number of benzene rings is 1. The monoisotopic (exact) mass is 238 g/mol. The van der Waals surface area contributed by atoms with E-state index in [9.17, 15) is 0 Å². The van der Waals surface area contributed by atoms with E-state index in [1.807, 2.05) is 26.8 Å². The van der Waals surface area contributed by atoms with Crippen LogP contribution in [0.5, 0.6) is 0 Å². The minimum absolute atomic E-state index is 1.01. The molecule has 94 valence electrons. The van der Waals surface area contributed by atoms with Crippen molar-refractivity contribution in [3.8, 4) is 0 Å². The Morgan fingerprint density at radius 3 is 2.50 bits per heavy atom. The van der Waals surface area contributed by atoms with Gasteiger partial charge in [-0.1, -0.05) is 63.0 Å². The van der Waals surface area contributed by atoms with Crippen molar-refractivity contribution in [2.24, 2.45) is 0 Å². The molecule has 0 N–H and O–H groups in total. The third-order valence-electron chi connectivity index (χ3n) is 2.74. The summed E-state index contributed by atoms with van der Waals surface area (Å²) in [6.45, 7) is 9.91. The lowest BCUT2D eigenvalue weighted by atomic mass is 10.0. The predicted molar refractivity (Wildman–Crippen MR) is 84.5 cm³/mol. The molecule has 0 saturated carbocycles. The number of rotatable bonds is 2. The van der Waals surface area contributed by atoms with E-state index in [-0.39, 0.29) is 0 Å². The van der Waals surface area contributed by atoms with Crippen LogP contribution in [0.1, 0.15) is 38.3 Å². The predicted octanol–water partition coefficient (Wildman–Crippen LogP) is 3.91. The molecule has 1 aliphatic carbocycles. The topological polar surface area (TPSA) is 0 Å². The van der Waals surface area contributed by atoms with E-state index in [0.717, 1.165) is 6.42 Å². The van der Waals surface area contributed by atoms with Crippen LogP contribution >= 0.6 is 0 Å². The van der Waals surface area contributed by atoms with Crippen molar-refractivity contribution in [1.82, 2.24) is 0 Å². The van der Waals surface area contributed by atoms with Crippen LogP contribution in [0, 0.1) is 0 Å². The van der Waals surface area contributed by atoms with Gasteiger partial charge in [0, 0.05) is 0 Å². The fourth-order valence-electron chi connectivity index (χ4n) is 1.94. The summed E-state index contributed by atoms with van der Waals surface area (Å²) in [6, 6.07) is 4.43. The summed E-state index contributed by atoms with van der Waals surface area (Å²) < 4.78 is 0. The van der Waals surface area contributed by atoms with E-state index in [0.29, 0.717) is 0 Å². The van der Waals surface area contributed by atoms with Crippen LogP contribution in [0.3, 0.4) is 0 Å². The van der Waals surface area contributed by atoms with Gasteiger partial charge in [0.1, 0.15) is 0 Å². The Balaban J connectivity index is 0.000000771. The Bertz CT molecular complexity index is 569. The molecular formula is C18H22. The van der Waals surface area contributed by atoms with Crippen LogP contribution in [-0.2, 0) is 0 Å². The molecule has 0 amide bonds. The molecule has 0 nitrogen and oxygen atoms in total. The quantitative estimate of drug-likeness (QED) is 0.733. The molecule has 2 rings (SSSR count). The maximum atomic E-state index is 3.87. The van der Waals surface area contributed by atoms with Crippen LogP contribution < -0.4 is 10.4 Å². The van der Waals surface area contributed by atoms with Gasteiger partial charge < -0.3 is 0 Å². The summed E-state index contributed by atoms with van der Waals surface area (Å²) in [5, 5.41) is 2.58. The maximum absolute atomic E-state index is 3.87. The van der Waals surface area contributed by atoms with Crippen molar-refractivity contribution in [3.63, 3.8) is 0 Å². The number of hydrogen-bond donors (Lipinski definition) is 0. The standard InChI is InChI=1S/C16H16.C2H6/c1-3-8-14-12-16-10-7-5-6-9-15(16)11-13(14)4-2;1-2/h3-6,8-12H,2,7H2,1H3;1-2H3/b8-3-;. The van der Waals surface area contributed by atoms with Gasteiger partial charge in [0.2, 0.25) is 0 Å². The van der Waals surface area contributed by atoms with Gasteiger partial charge in [-0.3, -0.25) is 0 Å². The lowest BCUT2D eigenvalue weighted by Crippen LogP contribution is -2.24. The summed E-state index contributed by atoms with van der Waals surface area (Å²) in [5.41, 5.74) is 2.43. The highest BCUT2D eigenvalue weighted by atomic mass is 14.0. The summed E-state index contributed by atoms with van der Waals surface area (Å²) in [6.07, 6.45) is 15.8. The fourth-order valence-corrected chi connectivity index (χ4v) is 1.94. The molecule has 1 aromatic carbocycles. The Morgan fingerprint density at radius 2 is 1.83 bits per heavy atom. The molecule has 0 atom stereocenters. The molecule has 0 spiro atoms. The molecule has 0 fully saturated rings. The molecule has 0 heterocycles. The van der Waals surface area contributed by atoms with Crippen molar-refractivity contribution in [1.29, 1.82) is 0 Å². The molecule has 0 bridgehead atoms. The molecule has 0 aromatic heterocycles. The average molecular weight is 238 g/mol. The summed E-state index contributed by atoms with van der Waals surface area (Å²) >= 11 is 0. The summed E-state index contributed by atoms with van der Waals surface area (Å²) in [4.78, 5) is 0. The lowest BCUT2D eigenvalue weighted by Gasteiger charge is -2.01. The molecular weight excluding hydrogens is 216 g/mol. The van der Waals surface area contributed by atoms with Crippen LogP contribution in [-0.4, -0.2) is 0 Å². The second kappa shape index (κ2) is 7.50. The van der Waals surface area contributed by atoms with Crippen molar-refractivity contribution in [3.05, 3.63) is 58.5 Å². The van der Waals surface area contributed by atoms with Crippen molar-refractivity contribution >= 4 is 24.3 Å². The van der Waals surface area contributed by atoms with Gasteiger partial charge in [0.15, 0.2) is 0 Å². The first-order valence-electron chi connectivity index (χ1n) is 6.61. The van der Waals surface area contributed by atoms with Gasteiger partial charge in [0.25, 0.3) is 0 Å². The summed E-state index contributed by atoms with van der Waals surface area (Å²) in [5.74, 6) is 0. The van der Waals surface area contributed by atoms with E-state index < -0.39 is 0 Å². The molecule has 0 heteroatoms. The van der Waals surface area contributed by atoms with Gasteiger partial charge in [-0.05, 0) is 47.0 Å². The second-order valence-electron chi connectivity index (χ2n) is 3.85. The smallest absolute Gasteiger partial charge is 0.0157 e. The highest BCUT2D eigenvalue weighted by molar-refractivity contribution is 5.65. The van der Waals surface area contributed by atoms with Gasteiger partial charge >= 0.3 is 0 Å². The highest BCUT2D eigenvalue weighted by Gasteiger charge is 1.97. The molecule has 0 aliphatic heterocycles. The van der Waals surface area contributed by atoms with Crippen LogP contribution in [0.4, 0.5) is 0 Å². The van der Waals surface area contributed by atoms with E-state index in [2.05, 4.69) is 55.2 Å². The highest BCUT2D eigenvalue weighted by Crippen LogP contribution is 2.08.